The zero-order chi connectivity index (χ0) is 19.2. The van der Waals surface area contributed by atoms with Gasteiger partial charge in [0.15, 0.2) is 5.96 Å². The van der Waals surface area contributed by atoms with Gasteiger partial charge in [0, 0.05) is 33.4 Å². The van der Waals surface area contributed by atoms with Crippen LogP contribution in [0.3, 0.4) is 0 Å². The molecule has 7 heteroatoms. The van der Waals surface area contributed by atoms with Crippen LogP contribution in [0.5, 0.6) is 5.75 Å². The number of unbranched alkanes of at least 4 members (excludes halogenated alkanes) is 1. The maximum atomic E-state index is 12.8. The van der Waals surface area contributed by atoms with Gasteiger partial charge in [0.05, 0.1) is 19.3 Å². The Labute approximate surface area is 161 Å². The number of halogens is 1. The van der Waals surface area contributed by atoms with Gasteiger partial charge in [-0.05, 0) is 56.4 Å². The molecule has 6 nitrogen and oxygen atoms in total. The molecule has 0 amide bonds. The van der Waals surface area contributed by atoms with E-state index in [2.05, 4.69) is 15.6 Å². The Morgan fingerprint density at radius 3 is 2.63 bits per heavy atom. The summed E-state index contributed by atoms with van der Waals surface area (Å²) in [4.78, 5) is 4.21. The van der Waals surface area contributed by atoms with Crippen LogP contribution in [0, 0.1) is 5.82 Å². The Kier molecular flexibility index (Phi) is 10.6. The molecule has 0 aliphatic carbocycles. The van der Waals surface area contributed by atoms with Crippen LogP contribution in [0.2, 0.25) is 0 Å². The highest BCUT2D eigenvalue weighted by Crippen LogP contribution is 2.12. The van der Waals surface area contributed by atoms with Gasteiger partial charge in [-0.2, -0.15) is 0 Å². The van der Waals surface area contributed by atoms with Crippen molar-refractivity contribution < 1.29 is 18.6 Å². The fourth-order valence-corrected chi connectivity index (χ4v) is 2.75. The summed E-state index contributed by atoms with van der Waals surface area (Å²) in [6.45, 7) is 4.55. The van der Waals surface area contributed by atoms with Crippen LogP contribution in [0.1, 0.15) is 32.1 Å². The van der Waals surface area contributed by atoms with E-state index < -0.39 is 0 Å². The first-order chi connectivity index (χ1) is 13.3. The van der Waals surface area contributed by atoms with Gasteiger partial charge in [-0.3, -0.25) is 4.99 Å². The van der Waals surface area contributed by atoms with Gasteiger partial charge in [-0.1, -0.05) is 0 Å². The molecule has 27 heavy (non-hydrogen) atoms. The van der Waals surface area contributed by atoms with E-state index in [-0.39, 0.29) is 5.82 Å². The highest BCUT2D eigenvalue weighted by Gasteiger charge is 2.14. The van der Waals surface area contributed by atoms with Crippen molar-refractivity contribution >= 4 is 5.96 Å². The molecule has 1 aromatic rings. The molecule has 1 aromatic carbocycles. The third-order valence-electron chi connectivity index (χ3n) is 4.26. The first-order valence-corrected chi connectivity index (χ1v) is 9.80. The first-order valence-electron chi connectivity index (χ1n) is 9.80. The molecule has 2 N–H and O–H groups in total. The molecule has 0 aromatic heterocycles. The quantitative estimate of drug-likeness (QED) is 0.331. The molecule has 1 heterocycles. The summed E-state index contributed by atoms with van der Waals surface area (Å²) >= 11 is 0. The molecule has 0 radical (unpaired) electrons. The number of nitrogens with zero attached hydrogens (tertiary/aromatic N) is 1. The predicted molar refractivity (Wildman–Crippen MR) is 105 cm³/mol. The van der Waals surface area contributed by atoms with Gasteiger partial charge < -0.3 is 24.8 Å². The maximum absolute atomic E-state index is 12.8. The molecule has 0 saturated carbocycles. The zero-order valence-electron chi connectivity index (χ0n) is 16.2. The third-order valence-corrected chi connectivity index (χ3v) is 4.26. The average Bonchev–Trinajstić information content (AvgIpc) is 3.20. The minimum atomic E-state index is -0.250. The van der Waals surface area contributed by atoms with Crippen molar-refractivity contribution in [2.75, 3.05) is 46.6 Å². The van der Waals surface area contributed by atoms with Crippen molar-refractivity contribution in [2.24, 2.45) is 4.99 Å². The standard InChI is InChI=1S/C20H32FN3O3/c1-22-20(24-12-5-13-25-16-19-6-4-15-27-19)23-11-2-3-14-26-18-9-7-17(21)8-10-18/h7-10,19H,2-6,11-16H2,1H3,(H2,22,23,24). The maximum Gasteiger partial charge on any atom is 0.190 e. The number of rotatable bonds is 12. The summed E-state index contributed by atoms with van der Waals surface area (Å²) in [5.74, 6) is 1.25. The summed E-state index contributed by atoms with van der Waals surface area (Å²) in [5.41, 5.74) is 0. The van der Waals surface area contributed by atoms with Crippen molar-refractivity contribution in [3.8, 4) is 5.75 Å². The molecule has 1 fully saturated rings. The van der Waals surface area contributed by atoms with Crippen molar-refractivity contribution in [1.29, 1.82) is 0 Å². The SMILES string of the molecule is CN=C(NCCCCOc1ccc(F)cc1)NCCCOCC1CCCO1. The molecular formula is C20H32FN3O3. The Morgan fingerprint density at radius 2 is 1.93 bits per heavy atom. The molecule has 0 bridgehead atoms. The smallest absolute Gasteiger partial charge is 0.190 e. The summed E-state index contributed by atoms with van der Waals surface area (Å²) in [6.07, 6.45) is 5.36. The molecular weight excluding hydrogens is 349 g/mol. The van der Waals surface area contributed by atoms with Gasteiger partial charge in [-0.15, -0.1) is 0 Å². The van der Waals surface area contributed by atoms with E-state index in [0.717, 1.165) is 64.4 Å². The van der Waals surface area contributed by atoms with Gasteiger partial charge in [0.25, 0.3) is 0 Å². The van der Waals surface area contributed by atoms with Gasteiger partial charge in [0.1, 0.15) is 11.6 Å². The molecule has 0 spiro atoms. The van der Waals surface area contributed by atoms with Crippen LogP contribution >= 0.6 is 0 Å². The van der Waals surface area contributed by atoms with Crippen molar-refractivity contribution in [2.45, 2.75) is 38.2 Å². The second kappa shape index (κ2) is 13.3. The Balaban J connectivity index is 1.41. The van der Waals surface area contributed by atoms with Gasteiger partial charge >= 0.3 is 0 Å². The molecule has 2 rings (SSSR count). The Hall–Kier alpha value is -1.86. The largest absolute Gasteiger partial charge is 0.494 e. The summed E-state index contributed by atoms with van der Waals surface area (Å²) < 4.78 is 29.5. The van der Waals surface area contributed by atoms with E-state index in [1.54, 1.807) is 19.2 Å². The highest BCUT2D eigenvalue weighted by molar-refractivity contribution is 5.79. The number of hydrogen-bond donors (Lipinski definition) is 2. The van der Waals surface area contributed by atoms with E-state index >= 15 is 0 Å². The first kappa shape index (κ1) is 21.4. The number of ether oxygens (including phenoxy) is 3. The number of aliphatic imine (C=N–C) groups is 1. The van der Waals surface area contributed by atoms with Gasteiger partial charge in [-0.25, -0.2) is 4.39 Å². The van der Waals surface area contributed by atoms with E-state index in [4.69, 9.17) is 14.2 Å². The number of hydrogen-bond acceptors (Lipinski definition) is 4. The Bertz CT molecular complexity index is 534. The predicted octanol–water partition coefficient (Wildman–Crippen LogP) is 2.74. The summed E-state index contributed by atoms with van der Waals surface area (Å²) in [7, 11) is 1.76. The van der Waals surface area contributed by atoms with Crippen LogP contribution in [-0.2, 0) is 9.47 Å². The lowest BCUT2D eigenvalue weighted by Crippen LogP contribution is -2.38. The normalized spacial score (nSPS) is 17.1. The summed E-state index contributed by atoms with van der Waals surface area (Å²) in [5, 5.41) is 6.56. The van der Waals surface area contributed by atoms with Crippen LogP contribution in [-0.4, -0.2) is 58.6 Å². The molecule has 1 aliphatic rings. The molecule has 1 unspecified atom stereocenters. The minimum absolute atomic E-state index is 0.250. The summed E-state index contributed by atoms with van der Waals surface area (Å²) in [6, 6.07) is 6.09. The fourth-order valence-electron chi connectivity index (χ4n) is 2.75. The molecule has 1 aliphatic heterocycles. The Morgan fingerprint density at radius 1 is 1.15 bits per heavy atom. The minimum Gasteiger partial charge on any atom is -0.494 e. The van der Waals surface area contributed by atoms with Crippen molar-refractivity contribution in [1.82, 2.24) is 10.6 Å². The second-order valence-electron chi connectivity index (χ2n) is 6.50. The van der Waals surface area contributed by atoms with Crippen molar-refractivity contribution in [3.63, 3.8) is 0 Å². The lowest BCUT2D eigenvalue weighted by molar-refractivity contribution is 0.0168. The van der Waals surface area contributed by atoms with E-state index in [1.165, 1.54) is 12.1 Å². The van der Waals surface area contributed by atoms with E-state index in [1.807, 2.05) is 0 Å². The topological polar surface area (TPSA) is 64.1 Å². The van der Waals surface area contributed by atoms with Crippen LogP contribution < -0.4 is 15.4 Å². The van der Waals surface area contributed by atoms with E-state index in [9.17, 15) is 4.39 Å². The van der Waals surface area contributed by atoms with Crippen LogP contribution in [0.15, 0.2) is 29.3 Å². The molecule has 152 valence electrons. The number of guanidine groups is 1. The van der Waals surface area contributed by atoms with Crippen LogP contribution in [0.25, 0.3) is 0 Å². The zero-order valence-corrected chi connectivity index (χ0v) is 16.2. The monoisotopic (exact) mass is 381 g/mol. The third kappa shape index (κ3) is 9.58. The molecule has 1 atom stereocenters. The van der Waals surface area contributed by atoms with Crippen LogP contribution in [0.4, 0.5) is 4.39 Å². The average molecular weight is 381 g/mol. The lowest BCUT2D eigenvalue weighted by atomic mass is 10.2. The van der Waals surface area contributed by atoms with Gasteiger partial charge in [0.2, 0.25) is 0 Å². The fraction of sp³-hybridized carbons (Fsp3) is 0.650. The van der Waals surface area contributed by atoms with Crippen molar-refractivity contribution in [3.05, 3.63) is 30.1 Å². The number of benzene rings is 1. The van der Waals surface area contributed by atoms with E-state index in [0.29, 0.717) is 25.1 Å². The lowest BCUT2D eigenvalue weighted by Gasteiger charge is -2.13. The molecule has 1 saturated heterocycles. The number of nitrogens with one attached hydrogen (secondary N) is 2. The second-order valence-corrected chi connectivity index (χ2v) is 6.50. The highest BCUT2D eigenvalue weighted by atomic mass is 19.1.